The van der Waals surface area contributed by atoms with Gasteiger partial charge in [0, 0.05) is 30.4 Å². The van der Waals surface area contributed by atoms with E-state index in [1.54, 1.807) is 18.7 Å². The highest BCUT2D eigenvalue weighted by atomic mass is 32.2. The number of amides is 2. The summed E-state index contributed by atoms with van der Waals surface area (Å²) in [5.74, 6) is -0.709. The van der Waals surface area contributed by atoms with Crippen molar-refractivity contribution in [3.05, 3.63) is 81.3 Å². The van der Waals surface area contributed by atoms with E-state index >= 15 is 0 Å². The molecule has 1 fully saturated rings. The van der Waals surface area contributed by atoms with Crippen LogP contribution in [0.2, 0.25) is 0 Å². The van der Waals surface area contributed by atoms with Crippen molar-refractivity contribution in [1.29, 1.82) is 0 Å². The number of carbonyl (C=O) groups is 2. The van der Waals surface area contributed by atoms with Crippen LogP contribution in [0.15, 0.2) is 59.5 Å². The lowest BCUT2D eigenvalue weighted by molar-refractivity contribution is -0.134. The van der Waals surface area contributed by atoms with E-state index in [4.69, 9.17) is 0 Å². The molecule has 2 aromatic carbocycles. The van der Waals surface area contributed by atoms with Gasteiger partial charge in [-0.25, -0.2) is 9.71 Å². The van der Waals surface area contributed by atoms with Gasteiger partial charge in [-0.05, 0) is 62.1 Å². The van der Waals surface area contributed by atoms with E-state index in [-0.39, 0.29) is 18.1 Å². The maximum Gasteiger partial charge on any atom is 0.303 e. The van der Waals surface area contributed by atoms with Crippen molar-refractivity contribution in [2.24, 2.45) is 0 Å². The number of benzene rings is 2. The van der Waals surface area contributed by atoms with E-state index in [1.165, 1.54) is 31.0 Å². The van der Waals surface area contributed by atoms with Crippen LogP contribution in [-0.4, -0.2) is 61.3 Å². The number of thioether (sulfide) groups is 1. The van der Waals surface area contributed by atoms with E-state index in [2.05, 4.69) is 41.4 Å². The number of hydrogen-bond acceptors (Lipinski definition) is 7. The molecule has 208 valence electrons. The molecule has 0 unspecified atom stereocenters. The van der Waals surface area contributed by atoms with Gasteiger partial charge < -0.3 is 4.90 Å². The third-order valence-corrected chi connectivity index (χ3v) is 10.0. The number of nitrogens with zero attached hydrogens (tertiary/aromatic N) is 3. The third kappa shape index (κ3) is 6.89. The van der Waals surface area contributed by atoms with E-state index in [0.717, 1.165) is 40.4 Å². The molecule has 0 atom stereocenters. The number of rotatable bonds is 12. The summed E-state index contributed by atoms with van der Waals surface area (Å²) < 4.78 is 27.3. The minimum absolute atomic E-state index is 0.0610. The summed E-state index contributed by atoms with van der Waals surface area (Å²) in [6, 6.07) is 18.4. The summed E-state index contributed by atoms with van der Waals surface area (Å²) in [5.41, 5.74) is 1.77. The van der Waals surface area contributed by atoms with Gasteiger partial charge in [0.05, 0.1) is 12.0 Å². The number of carbonyl (C=O) groups excluding carboxylic acids is 2. The Morgan fingerprint density at radius 1 is 1.08 bits per heavy atom. The Morgan fingerprint density at radius 2 is 1.74 bits per heavy atom. The number of thiazole rings is 1. The highest BCUT2D eigenvalue weighted by Gasteiger charge is 2.53. The predicted octanol–water partition coefficient (Wildman–Crippen LogP) is 4.40. The zero-order valence-corrected chi connectivity index (χ0v) is 25.1. The fraction of sp³-hybridized carbons (Fsp3) is 0.393. The summed E-state index contributed by atoms with van der Waals surface area (Å²) in [6.07, 6.45) is 5.25. The van der Waals surface area contributed by atoms with Gasteiger partial charge in [-0.2, -0.15) is 12.7 Å². The zero-order valence-electron chi connectivity index (χ0n) is 22.6. The maximum absolute atomic E-state index is 14.1. The first-order valence-corrected chi connectivity index (χ1v) is 16.2. The minimum atomic E-state index is -3.94. The molecular formula is C28H34N4O4S3. The summed E-state index contributed by atoms with van der Waals surface area (Å²) in [6.45, 7) is 2.54. The first-order chi connectivity index (χ1) is 18.6. The Kier molecular flexibility index (Phi) is 9.15. The van der Waals surface area contributed by atoms with Crippen LogP contribution < -0.4 is 4.72 Å². The van der Waals surface area contributed by atoms with Crippen LogP contribution in [0.4, 0.5) is 0 Å². The Labute approximate surface area is 239 Å². The molecule has 1 saturated carbocycles. The van der Waals surface area contributed by atoms with Crippen LogP contribution in [0, 0.1) is 6.92 Å². The molecule has 4 rings (SSSR count). The van der Waals surface area contributed by atoms with Crippen LogP contribution in [0.5, 0.6) is 0 Å². The fourth-order valence-electron chi connectivity index (χ4n) is 4.48. The summed E-state index contributed by atoms with van der Waals surface area (Å²) in [5, 5.41) is 0.599. The smallest absolute Gasteiger partial charge is 0.303 e. The Balaban J connectivity index is 1.55. The molecule has 0 saturated heterocycles. The SMILES string of the molecule is CSc1ccc(C2(C(=O)N(CCCc3ccccc3)Cc3nc(C(=O)NS(=O)(=O)N(C)C)c(C)s3)CC2)cc1. The molecule has 1 aliphatic rings. The van der Waals surface area contributed by atoms with Crippen LogP contribution >= 0.6 is 23.1 Å². The van der Waals surface area contributed by atoms with Crippen molar-refractivity contribution < 1.29 is 18.0 Å². The molecule has 0 spiro atoms. The molecule has 11 heteroatoms. The van der Waals surface area contributed by atoms with Gasteiger partial charge in [0.15, 0.2) is 0 Å². The molecule has 2 amide bonds. The van der Waals surface area contributed by atoms with Gasteiger partial charge in [0.2, 0.25) is 5.91 Å². The molecule has 8 nitrogen and oxygen atoms in total. The Morgan fingerprint density at radius 3 is 2.33 bits per heavy atom. The number of nitrogens with one attached hydrogen (secondary N) is 1. The van der Waals surface area contributed by atoms with Crippen molar-refractivity contribution in [2.75, 3.05) is 26.9 Å². The monoisotopic (exact) mass is 586 g/mol. The quantitative estimate of drug-likeness (QED) is 0.316. The summed E-state index contributed by atoms with van der Waals surface area (Å²) >= 11 is 2.98. The summed E-state index contributed by atoms with van der Waals surface area (Å²) in [4.78, 5) is 34.8. The molecule has 39 heavy (non-hydrogen) atoms. The normalized spacial score (nSPS) is 14.3. The number of hydrogen-bond donors (Lipinski definition) is 1. The lowest BCUT2D eigenvalue weighted by Gasteiger charge is -2.27. The molecule has 0 radical (unpaired) electrons. The molecule has 0 bridgehead atoms. The van der Waals surface area contributed by atoms with Crippen LogP contribution in [0.25, 0.3) is 0 Å². The topological polar surface area (TPSA) is 99.7 Å². The second kappa shape index (κ2) is 12.2. The molecular weight excluding hydrogens is 553 g/mol. The van der Waals surface area contributed by atoms with E-state index < -0.39 is 21.5 Å². The van der Waals surface area contributed by atoms with E-state index in [0.29, 0.717) is 16.4 Å². The van der Waals surface area contributed by atoms with Gasteiger partial charge in [-0.3, -0.25) is 9.59 Å². The van der Waals surface area contributed by atoms with Crippen molar-refractivity contribution in [2.45, 2.75) is 49.5 Å². The fourth-order valence-corrected chi connectivity index (χ4v) is 6.35. The molecule has 1 aromatic heterocycles. The Bertz CT molecular complexity index is 1420. The standard InChI is InChI=1S/C28H34N4O4S3/c1-20-25(26(33)30-39(35,36)31(2)3)29-24(38-20)19-32(18-8-11-21-9-6-5-7-10-21)27(34)28(16-17-28)22-12-14-23(37-4)15-13-22/h5-7,9-10,12-15H,8,11,16-19H2,1-4H3,(H,30,33). The minimum Gasteiger partial charge on any atom is -0.335 e. The third-order valence-electron chi connectivity index (χ3n) is 6.91. The van der Waals surface area contributed by atoms with Gasteiger partial charge in [-0.15, -0.1) is 23.1 Å². The molecule has 1 heterocycles. The van der Waals surface area contributed by atoms with Crippen LogP contribution in [0.1, 0.15) is 50.8 Å². The lowest BCUT2D eigenvalue weighted by atomic mass is 9.94. The van der Waals surface area contributed by atoms with Gasteiger partial charge in [-0.1, -0.05) is 42.5 Å². The zero-order chi connectivity index (χ0) is 28.2. The molecule has 3 aromatic rings. The average molecular weight is 587 g/mol. The highest BCUT2D eigenvalue weighted by molar-refractivity contribution is 7.98. The van der Waals surface area contributed by atoms with Gasteiger partial charge in [0.25, 0.3) is 5.91 Å². The van der Waals surface area contributed by atoms with Gasteiger partial charge >= 0.3 is 10.2 Å². The van der Waals surface area contributed by atoms with Gasteiger partial charge in [0.1, 0.15) is 10.7 Å². The number of aryl methyl sites for hydroxylation is 2. The maximum atomic E-state index is 14.1. The van der Waals surface area contributed by atoms with E-state index in [1.807, 2.05) is 34.1 Å². The van der Waals surface area contributed by atoms with Crippen LogP contribution in [0.3, 0.4) is 0 Å². The van der Waals surface area contributed by atoms with Crippen LogP contribution in [-0.2, 0) is 33.4 Å². The van der Waals surface area contributed by atoms with E-state index in [9.17, 15) is 18.0 Å². The lowest BCUT2D eigenvalue weighted by Crippen LogP contribution is -2.40. The molecule has 0 aliphatic heterocycles. The van der Waals surface area contributed by atoms with Crippen molar-refractivity contribution in [3.8, 4) is 0 Å². The first-order valence-electron chi connectivity index (χ1n) is 12.7. The first kappa shape index (κ1) is 29.3. The second-order valence-electron chi connectivity index (χ2n) is 9.86. The number of aromatic nitrogens is 1. The van der Waals surface area contributed by atoms with Crippen molar-refractivity contribution in [1.82, 2.24) is 18.9 Å². The Hall–Kier alpha value is -2.73. The predicted molar refractivity (Wildman–Crippen MR) is 156 cm³/mol. The summed E-state index contributed by atoms with van der Waals surface area (Å²) in [7, 11) is -1.26. The average Bonchev–Trinajstić information content (AvgIpc) is 3.64. The molecule has 1 N–H and O–H groups in total. The second-order valence-corrected chi connectivity index (χ2v) is 13.9. The molecule has 1 aliphatic carbocycles. The van der Waals surface area contributed by atoms with Crippen molar-refractivity contribution >= 4 is 45.1 Å². The largest absolute Gasteiger partial charge is 0.335 e. The highest BCUT2D eigenvalue weighted by Crippen LogP contribution is 2.50. The van der Waals surface area contributed by atoms with Crippen molar-refractivity contribution in [3.63, 3.8) is 0 Å².